The SMILES string of the molecule is CC(C)(C)C1C(O)=C(C2=Nc3ccc(NS(C)(=O)=O)cc3S(C)(=O)=N2)C(=O)N1Cc1ccc(F)c(Cl)c1. The fourth-order valence-corrected chi connectivity index (χ4v) is 6.54. The van der Waals surface area contributed by atoms with E-state index in [1.807, 2.05) is 20.8 Å². The van der Waals surface area contributed by atoms with E-state index in [1.165, 1.54) is 47.6 Å². The summed E-state index contributed by atoms with van der Waals surface area (Å²) in [6.45, 7) is 5.58. The van der Waals surface area contributed by atoms with Gasteiger partial charge in [-0.15, -0.1) is 0 Å². The Kier molecular flexibility index (Phi) is 6.66. The fraction of sp³-hybridized carbons (Fsp3) is 0.333. The third-order valence-corrected chi connectivity index (χ3v) is 8.40. The van der Waals surface area contributed by atoms with Gasteiger partial charge in [0.05, 0.1) is 37.6 Å². The third-order valence-electron chi connectivity index (χ3n) is 5.84. The maximum Gasteiger partial charge on any atom is 0.262 e. The zero-order valence-electron chi connectivity index (χ0n) is 20.7. The number of carbonyl (C=O) groups excluding carboxylic acids is 1. The van der Waals surface area contributed by atoms with Gasteiger partial charge in [0.2, 0.25) is 10.0 Å². The number of hydrogen-bond donors (Lipinski definition) is 2. The van der Waals surface area contributed by atoms with Crippen LogP contribution in [0.1, 0.15) is 26.3 Å². The second-order valence-corrected chi connectivity index (χ2v) is 14.5. The van der Waals surface area contributed by atoms with Crippen molar-refractivity contribution in [3.05, 3.63) is 64.1 Å². The predicted molar refractivity (Wildman–Crippen MR) is 142 cm³/mol. The highest BCUT2D eigenvalue weighted by Gasteiger charge is 2.47. The van der Waals surface area contributed by atoms with Crippen LogP contribution in [0, 0.1) is 11.2 Å². The maximum atomic E-state index is 13.7. The summed E-state index contributed by atoms with van der Waals surface area (Å²) >= 11 is 5.92. The standard InChI is InChI=1S/C24H26ClFN4O5S2/c1-24(2,3)21-20(31)19(23(32)30(21)12-13-6-8-16(26)15(25)10-13)22-27-17-9-7-14(28-37(5,34)35)11-18(17)36(4,33)29-22/h6-11,21,28,31H,12H2,1-5H3. The van der Waals surface area contributed by atoms with Crippen molar-refractivity contribution in [2.75, 3.05) is 17.2 Å². The summed E-state index contributed by atoms with van der Waals surface area (Å²) in [7, 11) is -6.72. The second-order valence-electron chi connectivity index (χ2n) is 10.1. The molecule has 198 valence electrons. The lowest BCUT2D eigenvalue weighted by Gasteiger charge is -2.35. The van der Waals surface area contributed by atoms with E-state index in [2.05, 4.69) is 14.1 Å². The summed E-state index contributed by atoms with van der Waals surface area (Å²) in [4.78, 5) is 19.7. The summed E-state index contributed by atoms with van der Waals surface area (Å²) in [6, 6.07) is 7.66. The normalized spacial score (nSPS) is 22.0. The number of halogens is 2. The Hall–Kier alpha value is -2.96. The average molecular weight is 569 g/mol. The first kappa shape index (κ1) is 27.1. The lowest BCUT2D eigenvalue weighted by molar-refractivity contribution is -0.129. The number of aliphatic hydroxyl groups is 1. The van der Waals surface area contributed by atoms with E-state index < -0.39 is 42.9 Å². The number of amidine groups is 1. The molecule has 0 saturated carbocycles. The second kappa shape index (κ2) is 9.10. The smallest absolute Gasteiger partial charge is 0.262 e. The van der Waals surface area contributed by atoms with Crippen LogP contribution < -0.4 is 4.72 Å². The quantitative estimate of drug-likeness (QED) is 0.544. The van der Waals surface area contributed by atoms with E-state index >= 15 is 0 Å². The lowest BCUT2D eigenvalue weighted by atomic mass is 9.85. The number of nitrogens with one attached hydrogen (secondary N) is 1. The Balaban J connectivity index is 1.79. The minimum atomic E-state index is -3.57. The maximum absolute atomic E-state index is 13.7. The molecular formula is C24H26ClFN4O5S2. The Labute approximate surface area is 220 Å². The number of fused-ring (bicyclic) bond motifs is 1. The van der Waals surface area contributed by atoms with E-state index in [9.17, 15) is 26.9 Å². The van der Waals surface area contributed by atoms with Gasteiger partial charge in [-0.3, -0.25) is 9.52 Å². The van der Waals surface area contributed by atoms with Crippen molar-refractivity contribution in [3.8, 4) is 0 Å². The van der Waals surface area contributed by atoms with Gasteiger partial charge in [-0.05, 0) is 41.3 Å². The van der Waals surface area contributed by atoms with Crippen LogP contribution in [-0.4, -0.2) is 52.9 Å². The number of amides is 1. The van der Waals surface area contributed by atoms with Gasteiger partial charge in [0.1, 0.15) is 17.1 Å². The highest BCUT2D eigenvalue weighted by molar-refractivity contribution is 7.93. The van der Waals surface area contributed by atoms with E-state index in [4.69, 9.17) is 11.6 Å². The first-order valence-electron chi connectivity index (χ1n) is 11.1. The first-order chi connectivity index (χ1) is 17.0. The highest BCUT2D eigenvalue weighted by atomic mass is 35.5. The number of aliphatic hydroxyl groups excluding tert-OH is 1. The monoisotopic (exact) mass is 568 g/mol. The molecule has 2 aromatic carbocycles. The summed E-state index contributed by atoms with van der Waals surface area (Å²) in [5.74, 6) is -1.61. The number of sulfonamides is 1. The van der Waals surface area contributed by atoms with Gasteiger partial charge < -0.3 is 10.0 Å². The van der Waals surface area contributed by atoms with Crippen molar-refractivity contribution in [2.24, 2.45) is 14.8 Å². The van der Waals surface area contributed by atoms with Crippen molar-refractivity contribution in [3.63, 3.8) is 0 Å². The molecule has 0 saturated heterocycles. The van der Waals surface area contributed by atoms with Crippen LogP contribution in [0.25, 0.3) is 0 Å². The number of anilines is 1. The molecule has 2 unspecified atom stereocenters. The van der Waals surface area contributed by atoms with Crippen molar-refractivity contribution < 1.29 is 26.9 Å². The van der Waals surface area contributed by atoms with Crippen LogP contribution in [0.3, 0.4) is 0 Å². The molecule has 0 spiro atoms. The molecule has 2 atom stereocenters. The Bertz CT molecular complexity index is 1620. The molecule has 0 bridgehead atoms. The summed E-state index contributed by atoms with van der Waals surface area (Å²) in [6.07, 6.45) is 2.34. The molecule has 2 aliphatic heterocycles. The number of carbonyl (C=O) groups is 1. The van der Waals surface area contributed by atoms with Crippen LogP contribution in [0.2, 0.25) is 5.02 Å². The molecule has 0 aliphatic carbocycles. The number of benzene rings is 2. The summed E-state index contributed by atoms with van der Waals surface area (Å²) in [5, 5.41) is 11.2. The average Bonchev–Trinajstić information content (AvgIpc) is 2.99. The molecule has 2 N–H and O–H groups in total. The molecule has 2 aliphatic rings. The van der Waals surface area contributed by atoms with Crippen LogP contribution in [-0.2, 0) is 31.1 Å². The topological polar surface area (TPSA) is 129 Å². The summed E-state index contributed by atoms with van der Waals surface area (Å²) < 4.78 is 57.0. The lowest BCUT2D eigenvalue weighted by Crippen LogP contribution is -2.43. The van der Waals surface area contributed by atoms with Crippen molar-refractivity contribution in [1.29, 1.82) is 0 Å². The minimum Gasteiger partial charge on any atom is -0.509 e. The van der Waals surface area contributed by atoms with Crippen molar-refractivity contribution in [2.45, 2.75) is 38.3 Å². The Morgan fingerprint density at radius 3 is 2.49 bits per heavy atom. The molecule has 0 fully saturated rings. The van der Waals surface area contributed by atoms with Crippen LogP contribution in [0.15, 0.2) is 62.0 Å². The fourth-order valence-electron chi connectivity index (χ4n) is 4.38. The minimum absolute atomic E-state index is 0.0280. The third kappa shape index (κ3) is 5.36. The molecule has 9 nitrogen and oxygen atoms in total. The molecule has 2 heterocycles. The van der Waals surface area contributed by atoms with Gasteiger partial charge in [0, 0.05) is 18.5 Å². The van der Waals surface area contributed by atoms with Gasteiger partial charge in [0.15, 0.2) is 5.84 Å². The van der Waals surface area contributed by atoms with E-state index in [-0.39, 0.29) is 45.0 Å². The van der Waals surface area contributed by atoms with Gasteiger partial charge in [-0.2, -0.15) is 4.36 Å². The van der Waals surface area contributed by atoms with Gasteiger partial charge in [-0.25, -0.2) is 22.0 Å². The molecule has 1 amide bonds. The molecule has 13 heteroatoms. The zero-order valence-corrected chi connectivity index (χ0v) is 23.1. The van der Waals surface area contributed by atoms with Gasteiger partial charge >= 0.3 is 0 Å². The molecule has 37 heavy (non-hydrogen) atoms. The Morgan fingerprint density at radius 2 is 1.89 bits per heavy atom. The van der Waals surface area contributed by atoms with Crippen molar-refractivity contribution >= 4 is 54.5 Å². The number of aliphatic imine (C=N–C) groups is 1. The molecular weight excluding hydrogens is 543 g/mol. The highest BCUT2D eigenvalue weighted by Crippen LogP contribution is 2.40. The molecule has 2 aromatic rings. The molecule has 0 aromatic heterocycles. The predicted octanol–water partition coefficient (Wildman–Crippen LogP) is 4.62. The van der Waals surface area contributed by atoms with E-state index in [0.29, 0.717) is 5.56 Å². The van der Waals surface area contributed by atoms with Gasteiger partial charge in [-0.1, -0.05) is 38.4 Å². The van der Waals surface area contributed by atoms with Gasteiger partial charge in [0.25, 0.3) is 5.91 Å². The van der Waals surface area contributed by atoms with E-state index in [0.717, 1.165) is 6.26 Å². The molecule has 0 radical (unpaired) electrons. The number of nitrogens with zero attached hydrogens (tertiary/aromatic N) is 3. The van der Waals surface area contributed by atoms with Crippen molar-refractivity contribution in [1.82, 2.24) is 4.90 Å². The first-order valence-corrected chi connectivity index (χ1v) is 15.3. The van der Waals surface area contributed by atoms with Crippen LogP contribution >= 0.6 is 11.6 Å². The number of hydrogen-bond acceptors (Lipinski definition) is 7. The van der Waals surface area contributed by atoms with Crippen LogP contribution in [0.5, 0.6) is 0 Å². The van der Waals surface area contributed by atoms with Crippen LogP contribution in [0.4, 0.5) is 15.8 Å². The molecule has 4 rings (SSSR count). The van der Waals surface area contributed by atoms with E-state index in [1.54, 1.807) is 0 Å². The number of rotatable bonds is 5. The zero-order chi connectivity index (χ0) is 27.5. The Morgan fingerprint density at radius 1 is 1.22 bits per heavy atom. The summed E-state index contributed by atoms with van der Waals surface area (Å²) in [5.41, 5.74) is 0.201. The largest absolute Gasteiger partial charge is 0.509 e.